The number of thiophene rings is 1. The van der Waals surface area contributed by atoms with Crippen LogP contribution < -0.4 is 5.56 Å². The lowest BCUT2D eigenvalue weighted by atomic mass is 9.79. The van der Waals surface area contributed by atoms with E-state index in [1.54, 1.807) is 24.5 Å². The minimum Gasteiger partial charge on any atom is -0.388 e. The highest BCUT2D eigenvalue weighted by Crippen LogP contribution is 2.37. The zero-order chi connectivity index (χ0) is 36.9. The first-order valence-corrected chi connectivity index (χ1v) is 19.7. The van der Waals surface area contributed by atoms with Gasteiger partial charge in [0.2, 0.25) is 5.91 Å². The summed E-state index contributed by atoms with van der Waals surface area (Å²) in [4.78, 5) is 59.7. The van der Waals surface area contributed by atoms with Crippen LogP contribution >= 0.6 is 34.3 Å². The lowest BCUT2D eigenvalue weighted by Crippen LogP contribution is -2.53. The number of likely N-dealkylation sites (tertiary alicyclic amines) is 2. The van der Waals surface area contributed by atoms with Crippen LogP contribution in [-0.4, -0.2) is 82.6 Å². The normalized spacial score (nSPS) is 18.8. The van der Waals surface area contributed by atoms with Gasteiger partial charge in [0, 0.05) is 61.7 Å². The summed E-state index contributed by atoms with van der Waals surface area (Å²) in [6, 6.07) is 19.3. The fraction of sp³-hybridized carbons (Fsp3) is 0.333. The van der Waals surface area contributed by atoms with Crippen LogP contribution in [0.2, 0.25) is 4.34 Å². The van der Waals surface area contributed by atoms with Crippen LogP contribution in [0.3, 0.4) is 0 Å². The molecule has 5 aromatic heterocycles. The summed E-state index contributed by atoms with van der Waals surface area (Å²) in [5.74, 6) is -0.547. The lowest BCUT2D eigenvalue weighted by molar-refractivity contribution is -0.142. The third-order valence-corrected chi connectivity index (χ3v) is 13.0. The van der Waals surface area contributed by atoms with Crippen molar-refractivity contribution in [2.45, 2.75) is 51.2 Å². The van der Waals surface area contributed by atoms with Crippen LogP contribution in [0.1, 0.15) is 51.8 Å². The Morgan fingerprint density at radius 3 is 2.47 bits per heavy atom. The number of fused-ring (bicyclic) bond motifs is 1. The van der Waals surface area contributed by atoms with Crippen molar-refractivity contribution in [1.29, 1.82) is 0 Å². The molecule has 0 bridgehead atoms. The predicted molar refractivity (Wildman–Crippen MR) is 207 cm³/mol. The molecule has 8 rings (SSSR count). The number of aryl methyl sites for hydroxylation is 2. The van der Waals surface area contributed by atoms with Crippen molar-refractivity contribution in [2.24, 2.45) is 5.92 Å². The van der Waals surface area contributed by atoms with Crippen molar-refractivity contribution >= 4 is 57.1 Å². The minimum absolute atomic E-state index is 0.0337. The molecule has 6 aromatic rings. The number of rotatable bonds is 7. The first-order chi connectivity index (χ1) is 25.6. The van der Waals surface area contributed by atoms with Crippen LogP contribution in [0.15, 0.2) is 84.2 Å². The van der Waals surface area contributed by atoms with Gasteiger partial charge in [0.15, 0.2) is 5.65 Å². The summed E-state index contributed by atoms with van der Waals surface area (Å²) >= 11 is 8.91. The monoisotopic (exact) mass is 767 g/mol. The fourth-order valence-corrected chi connectivity index (χ4v) is 9.60. The van der Waals surface area contributed by atoms with E-state index in [4.69, 9.17) is 16.6 Å². The highest BCUT2D eigenvalue weighted by molar-refractivity contribution is 7.18. The first-order valence-electron chi connectivity index (χ1n) is 17.6. The Labute approximate surface area is 319 Å². The molecule has 7 heterocycles. The average Bonchev–Trinajstić information content (AvgIpc) is 3.91. The highest BCUT2D eigenvalue weighted by Gasteiger charge is 2.42. The molecule has 0 spiro atoms. The van der Waals surface area contributed by atoms with Gasteiger partial charge in [-0.15, -0.1) is 22.7 Å². The zero-order valence-electron chi connectivity index (χ0n) is 29.3. The number of halogens is 1. The molecule has 1 N–H and O–H groups in total. The molecular weight excluding hydrogens is 730 g/mol. The van der Waals surface area contributed by atoms with E-state index in [1.165, 1.54) is 33.6 Å². The molecule has 2 aliphatic rings. The first kappa shape index (κ1) is 35.3. The van der Waals surface area contributed by atoms with E-state index in [-0.39, 0.29) is 35.8 Å². The van der Waals surface area contributed by atoms with Crippen molar-refractivity contribution < 1.29 is 14.7 Å². The standard InChI is InChI=1S/C39H38ClN7O4S2/c1-24-8-9-27(20-41-24)35-43-25(2)33(53-35)38(50)45-16-12-28(30(21-45)26-6-4-3-5-7-26)36(48)44-18-14-39(51,15-19-44)22-46-23-42-34-29(37(46)49)13-17-47(34)32-11-10-31(40)52-32/h3-11,13,17,20,23,28,30,51H,12,14-16,18-19,21-22H2,1-2H3/t28-,30+/m1/s1. The Balaban J connectivity index is 0.953. The number of aliphatic hydroxyl groups is 1. The van der Waals surface area contributed by atoms with Gasteiger partial charge in [-0.3, -0.25) is 28.5 Å². The fourth-order valence-electron chi connectivity index (χ4n) is 7.56. The van der Waals surface area contributed by atoms with Crippen molar-refractivity contribution in [2.75, 3.05) is 26.2 Å². The second kappa shape index (κ2) is 14.3. The number of hydrogen-bond donors (Lipinski definition) is 1. The summed E-state index contributed by atoms with van der Waals surface area (Å²) < 4.78 is 3.95. The van der Waals surface area contributed by atoms with Gasteiger partial charge in [-0.1, -0.05) is 41.9 Å². The molecule has 272 valence electrons. The molecule has 1 aromatic carbocycles. The number of thiazole rings is 1. The van der Waals surface area contributed by atoms with E-state index in [0.29, 0.717) is 71.4 Å². The van der Waals surface area contributed by atoms with Crippen molar-refractivity contribution in [3.05, 3.63) is 116 Å². The van der Waals surface area contributed by atoms with E-state index >= 15 is 0 Å². The molecule has 2 fully saturated rings. The molecule has 2 aliphatic heterocycles. The molecule has 0 radical (unpaired) electrons. The molecule has 53 heavy (non-hydrogen) atoms. The quantitative estimate of drug-likeness (QED) is 0.201. The number of nitrogens with zero attached hydrogens (tertiary/aromatic N) is 7. The number of carbonyl (C=O) groups is 2. The summed E-state index contributed by atoms with van der Waals surface area (Å²) in [5, 5.41) is 13.7. The maximum Gasteiger partial charge on any atom is 0.265 e. The number of carbonyl (C=O) groups excluding carboxylic acids is 2. The molecule has 2 amide bonds. The summed E-state index contributed by atoms with van der Waals surface area (Å²) in [6.45, 7) is 5.48. The average molecular weight is 768 g/mol. The van der Waals surface area contributed by atoms with Gasteiger partial charge in [0.1, 0.15) is 21.2 Å². The Morgan fingerprint density at radius 2 is 1.75 bits per heavy atom. The smallest absolute Gasteiger partial charge is 0.265 e. The van der Waals surface area contributed by atoms with Crippen LogP contribution in [0.5, 0.6) is 0 Å². The van der Waals surface area contributed by atoms with Gasteiger partial charge >= 0.3 is 0 Å². The number of piperidine rings is 2. The van der Waals surface area contributed by atoms with E-state index < -0.39 is 5.60 Å². The number of aromatic nitrogens is 5. The lowest BCUT2D eigenvalue weighted by Gasteiger charge is -2.43. The summed E-state index contributed by atoms with van der Waals surface area (Å²) in [6.07, 6.45) is 6.25. The van der Waals surface area contributed by atoms with Gasteiger partial charge < -0.3 is 14.9 Å². The van der Waals surface area contributed by atoms with Crippen LogP contribution in [0.4, 0.5) is 0 Å². The van der Waals surface area contributed by atoms with Gasteiger partial charge in [-0.05, 0) is 69.0 Å². The van der Waals surface area contributed by atoms with Crippen molar-refractivity contribution in [3.63, 3.8) is 0 Å². The Kier molecular flexibility index (Phi) is 9.52. The molecule has 0 aliphatic carbocycles. The van der Waals surface area contributed by atoms with Gasteiger partial charge in [0.25, 0.3) is 11.5 Å². The molecule has 0 unspecified atom stereocenters. The molecule has 2 atom stereocenters. The van der Waals surface area contributed by atoms with Crippen LogP contribution in [0.25, 0.3) is 26.6 Å². The number of amides is 2. The van der Waals surface area contributed by atoms with E-state index in [1.807, 2.05) is 76.7 Å². The Bertz CT molecular complexity index is 2360. The maximum atomic E-state index is 14.3. The van der Waals surface area contributed by atoms with Gasteiger partial charge in [-0.25, -0.2) is 9.97 Å². The van der Waals surface area contributed by atoms with E-state index in [9.17, 15) is 19.5 Å². The van der Waals surface area contributed by atoms with Crippen molar-refractivity contribution in [1.82, 2.24) is 33.9 Å². The third-order valence-electron chi connectivity index (χ3n) is 10.5. The van der Waals surface area contributed by atoms with Crippen LogP contribution in [-0.2, 0) is 11.3 Å². The molecule has 11 nitrogen and oxygen atoms in total. The molecular formula is C39H38ClN7O4S2. The number of benzene rings is 1. The molecule has 2 saturated heterocycles. The van der Waals surface area contributed by atoms with Gasteiger partial charge in [-0.2, -0.15) is 0 Å². The second-order valence-electron chi connectivity index (χ2n) is 14.0. The molecule has 0 saturated carbocycles. The number of hydrogen-bond acceptors (Lipinski definition) is 9. The number of pyridine rings is 1. The Hall–Kier alpha value is -4.69. The second-order valence-corrected chi connectivity index (χ2v) is 16.7. The zero-order valence-corrected chi connectivity index (χ0v) is 31.7. The minimum atomic E-state index is -1.17. The highest BCUT2D eigenvalue weighted by atomic mass is 35.5. The van der Waals surface area contributed by atoms with E-state index in [2.05, 4.69) is 9.97 Å². The summed E-state index contributed by atoms with van der Waals surface area (Å²) in [5.41, 5.74) is 2.63. The summed E-state index contributed by atoms with van der Waals surface area (Å²) in [7, 11) is 0. The SMILES string of the molecule is Cc1ccc(-c2nc(C)c(C(=O)N3CC[C@@H](C(=O)N4CCC(O)(Cn5cnc6c(ccn6-c6ccc(Cl)s6)c5=O)CC4)[C@H](c4ccccc4)C3)s2)cn1. The maximum absolute atomic E-state index is 14.3. The van der Waals surface area contributed by atoms with E-state index in [0.717, 1.165) is 26.8 Å². The predicted octanol–water partition coefficient (Wildman–Crippen LogP) is 6.34. The van der Waals surface area contributed by atoms with Crippen LogP contribution in [0, 0.1) is 19.8 Å². The largest absolute Gasteiger partial charge is 0.388 e. The molecule has 14 heteroatoms. The third kappa shape index (κ3) is 6.94. The Morgan fingerprint density at radius 1 is 0.962 bits per heavy atom. The topological polar surface area (TPSA) is 126 Å². The van der Waals surface area contributed by atoms with Crippen molar-refractivity contribution in [3.8, 4) is 15.6 Å². The van der Waals surface area contributed by atoms with Gasteiger partial charge in [0.05, 0.1) is 27.6 Å².